The van der Waals surface area contributed by atoms with E-state index in [0.717, 1.165) is 49.4 Å². The molecule has 13 heteroatoms. The Hall–Kier alpha value is -3.87. The molecule has 0 saturated heterocycles. The van der Waals surface area contributed by atoms with E-state index in [-0.39, 0.29) is 29.4 Å². The number of nitrogens with one attached hydrogen (secondary N) is 1. The zero-order valence-corrected chi connectivity index (χ0v) is 30.1. The second-order valence-corrected chi connectivity index (χ2v) is 16.4. The fourth-order valence-electron chi connectivity index (χ4n) is 7.96. The van der Waals surface area contributed by atoms with Crippen molar-refractivity contribution in [2.75, 3.05) is 37.5 Å². The summed E-state index contributed by atoms with van der Waals surface area (Å²) >= 11 is 6.44. The van der Waals surface area contributed by atoms with E-state index in [1.54, 1.807) is 43.2 Å². The number of amides is 2. The molecule has 2 aromatic carbocycles. The van der Waals surface area contributed by atoms with Crippen molar-refractivity contribution in [2.24, 2.45) is 23.2 Å². The Balaban J connectivity index is 1.24. The number of halogens is 1. The van der Waals surface area contributed by atoms with Gasteiger partial charge in [0.05, 0.1) is 29.8 Å². The van der Waals surface area contributed by atoms with Gasteiger partial charge in [-0.1, -0.05) is 29.8 Å². The van der Waals surface area contributed by atoms with Crippen molar-refractivity contribution in [3.8, 4) is 5.75 Å². The van der Waals surface area contributed by atoms with Crippen molar-refractivity contribution in [3.63, 3.8) is 0 Å². The molecule has 11 nitrogen and oxygen atoms in total. The third kappa shape index (κ3) is 7.15. The lowest BCUT2D eigenvalue weighted by molar-refractivity contribution is 0.0132. The predicted molar refractivity (Wildman–Crippen MR) is 192 cm³/mol. The summed E-state index contributed by atoms with van der Waals surface area (Å²) in [7, 11) is -0.0528. The molecule has 3 aromatic rings. The number of carbonyl (C=O) groups excluding carboxylic acids is 2. The van der Waals surface area contributed by atoms with Crippen LogP contribution in [-0.4, -0.2) is 64.7 Å². The zero-order chi connectivity index (χ0) is 34.9. The van der Waals surface area contributed by atoms with Gasteiger partial charge in [-0.25, -0.2) is 13.7 Å². The number of allylic oxidation sites excluding steroid dienone is 1. The van der Waals surface area contributed by atoms with Crippen LogP contribution in [0.25, 0.3) is 0 Å². The maximum Gasteiger partial charge on any atom is 0.420 e. The number of nitrogens with zero attached hydrogens (tertiary/aromatic N) is 4. The molecule has 1 N–H and O–H groups in total. The number of aromatic nitrogens is 2. The summed E-state index contributed by atoms with van der Waals surface area (Å²) < 4.78 is 40.3. The molecule has 1 saturated carbocycles. The van der Waals surface area contributed by atoms with Crippen molar-refractivity contribution < 1.29 is 28.0 Å². The van der Waals surface area contributed by atoms with Crippen LogP contribution in [0.4, 0.5) is 10.5 Å². The van der Waals surface area contributed by atoms with Crippen LogP contribution in [0.2, 0.25) is 5.02 Å². The Kier molecular flexibility index (Phi) is 9.96. The number of rotatable bonds is 4. The molecule has 1 aromatic heterocycles. The van der Waals surface area contributed by atoms with Crippen LogP contribution in [0.3, 0.4) is 0 Å². The summed E-state index contributed by atoms with van der Waals surface area (Å²) in [6.45, 7) is 1.91. The van der Waals surface area contributed by atoms with E-state index < -0.39 is 21.9 Å². The summed E-state index contributed by atoms with van der Waals surface area (Å²) in [5.74, 6) is 0.713. The van der Waals surface area contributed by atoms with E-state index in [1.807, 2.05) is 18.2 Å². The van der Waals surface area contributed by atoms with Crippen LogP contribution in [-0.2, 0) is 44.9 Å². The molecule has 50 heavy (non-hydrogen) atoms. The van der Waals surface area contributed by atoms with Gasteiger partial charge in [0.1, 0.15) is 22.3 Å². The number of methoxy groups -OCH3 is 1. The molecule has 7 rings (SSSR count). The third-order valence-corrected chi connectivity index (χ3v) is 12.8. The molecule has 266 valence electrons. The molecule has 2 aliphatic heterocycles. The standard InChI is InChI=1S/C37H44ClN5O6S/c1-42-29(15-17-39-42)22-48-36(45)41-50(46)18-5-3-4-8-33(47-2)30-12-9-27(30)21-43-23-37(16-6-7-25-19-28(38)11-13-31(25)37)24-49-34-14-10-26(20-32(34)43)35(44)40-50/h4,8,10-11,13-15,17,19-20,27,30,33H,3,5-7,9,12,16,18,21-24H2,1-2H3,(H,40,41,44,45,46)/b8-4+/t27-,30+,33-,37-,50-/m0/s1. The maximum absolute atomic E-state index is 14.2. The first-order valence-electron chi connectivity index (χ1n) is 17.4. The van der Waals surface area contributed by atoms with Gasteiger partial charge in [-0.3, -0.25) is 9.48 Å². The van der Waals surface area contributed by atoms with Crippen LogP contribution < -0.4 is 14.4 Å². The van der Waals surface area contributed by atoms with Crippen LogP contribution in [0, 0.1) is 11.8 Å². The number of carbonyl (C=O) groups is 2. The topological polar surface area (TPSA) is 124 Å². The highest BCUT2D eigenvalue weighted by atomic mass is 35.5. The van der Waals surface area contributed by atoms with Crippen LogP contribution in [0.1, 0.15) is 65.7 Å². The number of hydrogen-bond acceptors (Lipinski definition) is 8. The molecular formula is C37H44ClN5O6S. The molecule has 1 spiro atoms. The Bertz CT molecular complexity index is 1920. The van der Waals surface area contributed by atoms with Gasteiger partial charge in [-0.15, -0.1) is 4.36 Å². The minimum absolute atomic E-state index is 0.0281. The van der Waals surface area contributed by atoms with Gasteiger partial charge < -0.3 is 19.1 Å². The van der Waals surface area contributed by atoms with E-state index >= 15 is 0 Å². The van der Waals surface area contributed by atoms with Gasteiger partial charge in [0, 0.05) is 49.4 Å². The van der Waals surface area contributed by atoms with E-state index in [0.29, 0.717) is 49.3 Å². The molecule has 3 heterocycles. The molecular weight excluding hydrogens is 678 g/mol. The minimum Gasteiger partial charge on any atom is -0.490 e. The van der Waals surface area contributed by atoms with Gasteiger partial charge in [0.2, 0.25) is 0 Å². The second-order valence-electron chi connectivity index (χ2n) is 13.9. The first-order chi connectivity index (χ1) is 24.1. The highest BCUT2D eigenvalue weighted by molar-refractivity contribution is 7.92. The highest BCUT2D eigenvalue weighted by Crippen LogP contribution is 2.47. The van der Waals surface area contributed by atoms with E-state index in [9.17, 15) is 13.8 Å². The highest BCUT2D eigenvalue weighted by Gasteiger charge is 2.44. The van der Waals surface area contributed by atoms with Crippen molar-refractivity contribution in [2.45, 2.75) is 63.1 Å². The summed E-state index contributed by atoms with van der Waals surface area (Å²) in [6, 6.07) is 13.2. The number of benzene rings is 2. The zero-order valence-electron chi connectivity index (χ0n) is 28.5. The molecule has 2 bridgehead atoms. The molecule has 2 amide bonds. The summed E-state index contributed by atoms with van der Waals surface area (Å²) in [4.78, 5) is 29.1. The van der Waals surface area contributed by atoms with Crippen molar-refractivity contribution in [3.05, 3.63) is 88.2 Å². The van der Waals surface area contributed by atoms with Gasteiger partial charge >= 0.3 is 6.09 Å². The SMILES string of the molecule is CO[C@H]1/C=C/CCC[S@@](=O)(NC(=O)OCc2ccnn2C)=NC(=O)c2ccc3c(c2)N(C[C@@H]2CC[C@H]21)C[C@@]1(CCCc2cc(Cl)ccc21)CO3. The molecule has 0 radical (unpaired) electrons. The van der Waals surface area contributed by atoms with Crippen LogP contribution in [0.5, 0.6) is 5.75 Å². The number of anilines is 1. The number of aryl methyl sites for hydroxylation is 2. The van der Waals surface area contributed by atoms with Gasteiger partial charge in [0.25, 0.3) is 5.91 Å². The van der Waals surface area contributed by atoms with E-state index in [4.69, 9.17) is 25.8 Å². The summed E-state index contributed by atoms with van der Waals surface area (Å²) in [5.41, 5.74) is 4.00. The molecule has 4 aliphatic rings. The smallest absolute Gasteiger partial charge is 0.420 e. The van der Waals surface area contributed by atoms with Gasteiger partial charge in [-0.05, 0) is 104 Å². The largest absolute Gasteiger partial charge is 0.490 e. The lowest BCUT2D eigenvalue weighted by Gasteiger charge is -2.46. The Morgan fingerprint density at radius 2 is 2.06 bits per heavy atom. The molecule has 2 aliphatic carbocycles. The Morgan fingerprint density at radius 3 is 2.84 bits per heavy atom. The fourth-order valence-corrected chi connectivity index (χ4v) is 9.64. The fraction of sp³-hybridized carbons (Fsp3) is 0.486. The van der Waals surface area contributed by atoms with Crippen molar-refractivity contribution in [1.29, 1.82) is 0 Å². The second kappa shape index (κ2) is 14.4. The minimum atomic E-state index is -3.54. The van der Waals surface area contributed by atoms with Gasteiger partial charge in [0.15, 0.2) is 0 Å². The van der Waals surface area contributed by atoms with Gasteiger partial charge in [-0.2, -0.15) is 5.10 Å². The van der Waals surface area contributed by atoms with E-state index in [1.165, 1.54) is 11.1 Å². The maximum atomic E-state index is 14.2. The van der Waals surface area contributed by atoms with Crippen molar-refractivity contribution in [1.82, 2.24) is 14.5 Å². The quantitative estimate of drug-likeness (QED) is 0.308. The Morgan fingerprint density at radius 1 is 1.18 bits per heavy atom. The number of hydrogen-bond donors (Lipinski definition) is 1. The Labute approximate surface area is 298 Å². The number of ether oxygens (including phenoxy) is 3. The monoisotopic (exact) mass is 721 g/mol. The number of fused-ring (bicyclic) bond motifs is 4. The first-order valence-corrected chi connectivity index (χ1v) is 19.4. The summed E-state index contributed by atoms with van der Waals surface area (Å²) in [6.07, 6.45) is 10.9. The van der Waals surface area contributed by atoms with Crippen molar-refractivity contribution >= 4 is 39.2 Å². The molecule has 0 unspecified atom stereocenters. The molecule has 5 atom stereocenters. The lowest BCUT2D eigenvalue weighted by atomic mass is 9.68. The summed E-state index contributed by atoms with van der Waals surface area (Å²) in [5, 5.41) is 4.81. The first kappa shape index (κ1) is 34.6. The average Bonchev–Trinajstić information content (AvgIpc) is 3.43. The third-order valence-electron chi connectivity index (χ3n) is 10.8. The predicted octanol–water partition coefficient (Wildman–Crippen LogP) is 6.39. The average molecular weight is 722 g/mol. The van der Waals surface area contributed by atoms with Crippen LogP contribution in [0.15, 0.2) is 65.2 Å². The van der Waals surface area contributed by atoms with E-state index in [2.05, 4.69) is 37.3 Å². The normalized spacial score (nSPS) is 28.6. The van der Waals surface area contributed by atoms with Crippen LogP contribution >= 0.6 is 11.6 Å². The molecule has 1 fully saturated rings. The lowest BCUT2D eigenvalue weighted by Crippen LogP contribution is -2.49.